The maximum Gasteiger partial charge on any atom is 0.244 e. The molecule has 2 aromatic rings. The van der Waals surface area contributed by atoms with Crippen LogP contribution in [0.5, 0.6) is 0 Å². The lowest BCUT2D eigenvalue weighted by Gasteiger charge is -2.29. The van der Waals surface area contributed by atoms with Gasteiger partial charge in [0.25, 0.3) is 0 Å². The maximum absolute atomic E-state index is 13.2. The molecule has 1 atom stereocenters. The third kappa shape index (κ3) is 3.81. The van der Waals surface area contributed by atoms with Gasteiger partial charge in [0.15, 0.2) is 0 Å². The normalized spacial score (nSPS) is 18.4. The van der Waals surface area contributed by atoms with Gasteiger partial charge >= 0.3 is 0 Å². The van der Waals surface area contributed by atoms with E-state index in [0.717, 1.165) is 30.7 Å². The molecule has 0 radical (unpaired) electrons. The van der Waals surface area contributed by atoms with E-state index in [0.29, 0.717) is 13.1 Å². The molecule has 1 aliphatic rings. The van der Waals surface area contributed by atoms with Crippen LogP contribution in [0.1, 0.15) is 12.8 Å². The zero-order chi connectivity index (χ0) is 18.0. The summed E-state index contributed by atoms with van der Waals surface area (Å²) in [4.78, 5) is 2.01. The first-order valence-corrected chi connectivity index (χ1v) is 9.94. The van der Waals surface area contributed by atoms with Gasteiger partial charge in [-0.25, -0.2) is 12.8 Å². The van der Waals surface area contributed by atoms with Crippen molar-refractivity contribution in [3.05, 3.63) is 59.4 Å². The van der Waals surface area contributed by atoms with Gasteiger partial charge in [0.05, 0.1) is 5.02 Å². The first-order valence-electron chi connectivity index (χ1n) is 8.12. The third-order valence-corrected chi connectivity index (χ3v) is 6.92. The Morgan fingerprint density at radius 1 is 1.24 bits per heavy atom. The summed E-state index contributed by atoms with van der Waals surface area (Å²) in [6, 6.07) is 13.1. The summed E-state index contributed by atoms with van der Waals surface area (Å²) in [5, 5.41) is -0.0814. The second-order valence-electron chi connectivity index (χ2n) is 6.20. The van der Waals surface area contributed by atoms with E-state index >= 15 is 0 Å². The van der Waals surface area contributed by atoms with E-state index in [9.17, 15) is 12.8 Å². The molecule has 0 bridgehead atoms. The van der Waals surface area contributed by atoms with Crippen LogP contribution in [0.3, 0.4) is 0 Å². The number of nitrogens with zero attached hydrogens (tertiary/aromatic N) is 2. The highest BCUT2D eigenvalue weighted by molar-refractivity contribution is 7.89. The molecule has 0 N–H and O–H groups in total. The SMILES string of the molecule is CN(C[C@@H]1CCCN1S(=O)(=O)c1ccc(F)cc1Cl)c1ccccc1. The number of benzene rings is 2. The average Bonchev–Trinajstić information content (AvgIpc) is 3.04. The van der Waals surface area contributed by atoms with Crippen LogP contribution in [0.15, 0.2) is 53.4 Å². The summed E-state index contributed by atoms with van der Waals surface area (Å²) in [7, 11) is -1.81. The minimum Gasteiger partial charge on any atom is -0.373 e. The molecule has 1 aliphatic heterocycles. The lowest BCUT2D eigenvalue weighted by atomic mass is 10.2. The topological polar surface area (TPSA) is 40.6 Å². The highest BCUT2D eigenvalue weighted by atomic mass is 35.5. The van der Waals surface area contributed by atoms with Crippen LogP contribution in [0.4, 0.5) is 10.1 Å². The molecule has 1 heterocycles. The summed E-state index contributed by atoms with van der Waals surface area (Å²) in [6.07, 6.45) is 1.58. The number of hydrogen-bond acceptors (Lipinski definition) is 3. The summed E-state index contributed by atoms with van der Waals surface area (Å²) in [5.41, 5.74) is 1.03. The Hall–Kier alpha value is -1.63. The predicted octanol–water partition coefficient (Wildman–Crippen LogP) is 3.77. The Balaban J connectivity index is 1.83. The van der Waals surface area contributed by atoms with E-state index in [1.807, 2.05) is 42.3 Å². The zero-order valence-electron chi connectivity index (χ0n) is 13.9. The van der Waals surface area contributed by atoms with Gasteiger partial charge in [-0.15, -0.1) is 0 Å². The molecule has 25 heavy (non-hydrogen) atoms. The van der Waals surface area contributed by atoms with Crippen LogP contribution in [0.25, 0.3) is 0 Å². The average molecular weight is 383 g/mol. The van der Waals surface area contributed by atoms with Gasteiger partial charge in [0.2, 0.25) is 10.0 Å². The van der Waals surface area contributed by atoms with E-state index in [1.165, 1.54) is 10.4 Å². The second-order valence-corrected chi connectivity index (χ2v) is 8.47. The smallest absolute Gasteiger partial charge is 0.244 e. The van der Waals surface area contributed by atoms with E-state index in [1.54, 1.807) is 0 Å². The van der Waals surface area contributed by atoms with Crippen molar-refractivity contribution in [3.63, 3.8) is 0 Å². The molecule has 1 fully saturated rings. The Bertz CT molecular complexity index is 845. The number of halogens is 2. The molecular formula is C18H20ClFN2O2S. The van der Waals surface area contributed by atoms with Crippen LogP contribution in [-0.4, -0.2) is 38.9 Å². The van der Waals surface area contributed by atoms with Crippen LogP contribution in [0.2, 0.25) is 5.02 Å². The van der Waals surface area contributed by atoms with Gasteiger partial charge in [0, 0.05) is 31.9 Å². The van der Waals surface area contributed by atoms with Gasteiger partial charge < -0.3 is 4.90 Å². The minimum atomic E-state index is -3.76. The summed E-state index contributed by atoms with van der Waals surface area (Å²) < 4.78 is 40.7. The quantitative estimate of drug-likeness (QED) is 0.790. The van der Waals surface area contributed by atoms with Gasteiger partial charge in [-0.2, -0.15) is 4.31 Å². The van der Waals surface area contributed by atoms with Crippen LogP contribution in [0, 0.1) is 5.82 Å². The highest BCUT2D eigenvalue weighted by Crippen LogP contribution is 2.31. The second kappa shape index (κ2) is 7.32. The summed E-state index contributed by atoms with van der Waals surface area (Å²) >= 11 is 5.99. The van der Waals surface area contributed by atoms with Crippen LogP contribution in [-0.2, 0) is 10.0 Å². The van der Waals surface area contributed by atoms with Gasteiger partial charge in [-0.3, -0.25) is 0 Å². The van der Waals surface area contributed by atoms with Gasteiger partial charge in [0.1, 0.15) is 10.7 Å². The van der Waals surface area contributed by atoms with Crippen molar-refractivity contribution in [1.29, 1.82) is 0 Å². The lowest BCUT2D eigenvalue weighted by molar-refractivity contribution is 0.389. The number of likely N-dealkylation sites (N-methyl/N-ethyl adjacent to an activating group) is 1. The first kappa shape index (κ1) is 18.2. The van der Waals surface area contributed by atoms with Crippen molar-refractivity contribution in [3.8, 4) is 0 Å². The molecule has 0 unspecified atom stereocenters. The third-order valence-electron chi connectivity index (χ3n) is 4.49. The maximum atomic E-state index is 13.2. The minimum absolute atomic E-state index is 0.0372. The standard InChI is InChI=1S/C18H20ClFN2O2S/c1-21(15-6-3-2-4-7-15)13-16-8-5-11-22(16)25(23,24)18-10-9-14(20)12-17(18)19/h2-4,6-7,9-10,12,16H,5,8,11,13H2,1H3/t16-/m0/s1. The summed E-state index contributed by atoms with van der Waals surface area (Å²) in [6.45, 7) is 1.03. The molecule has 2 aromatic carbocycles. The predicted molar refractivity (Wildman–Crippen MR) is 98.0 cm³/mol. The number of sulfonamides is 1. The van der Waals surface area contributed by atoms with Crippen molar-refractivity contribution >= 4 is 27.3 Å². The number of anilines is 1. The van der Waals surface area contributed by atoms with Gasteiger partial charge in [-0.05, 0) is 43.2 Å². The Labute approximate surface area is 152 Å². The van der Waals surface area contributed by atoms with Crippen molar-refractivity contribution in [2.24, 2.45) is 0 Å². The van der Waals surface area contributed by atoms with Crippen LogP contribution < -0.4 is 4.90 Å². The monoisotopic (exact) mass is 382 g/mol. The molecule has 0 spiro atoms. The fraction of sp³-hybridized carbons (Fsp3) is 0.333. The van der Waals surface area contributed by atoms with Crippen molar-refractivity contribution in [2.45, 2.75) is 23.8 Å². The zero-order valence-corrected chi connectivity index (χ0v) is 15.5. The number of para-hydroxylation sites is 1. The lowest BCUT2D eigenvalue weighted by Crippen LogP contribution is -2.42. The molecule has 4 nitrogen and oxygen atoms in total. The molecule has 0 amide bonds. The molecule has 3 rings (SSSR count). The first-order chi connectivity index (χ1) is 11.9. The Morgan fingerprint density at radius 2 is 1.96 bits per heavy atom. The Kier molecular flexibility index (Phi) is 5.32. The molecule has 0 aromatic heterocycles. The largest absolute Gasteiger partial charge is 0.373 e. The molecule has 0 aliphatic carbocycles. The van der Waals surface area contributed by atoms with Crippen molar-refractivity contribution < 1.29 is 12.8 Å². The van der Waals surface area contributed by atoms with Crippen molar-refractivity contribution in [1.82, 2.24) is 4.31 Å². The fourth-order valence-electron chi connectivity index (χ4n) is 3.22. The summed E-state index contributed by atoms with van der Waals surface area (Å²) in [5.74, 6) is -0.550. The molecular weight excluding hydrogens is 363 g/mol. The van der Waals surface area contributed by atoms with E-state index in [-0.39, 0.29) is 16.0 Å². The molecule has 134 valence electrons. The Morgan fingerprint density at radius 3 is 2.64 bits per heavy atom. The highest BCUT2D eigenvalue weighted by Gasteiger charge is 2.36. The molecule has 7 heteroatoms. The van der Waals surface area contributed by atoms with Crippen molar-refractivity contribution in [2.75, 3.05) is 25.0 Å². The number of rotatable bonds is 5. The van der Waals surface area contributed by atoms with E-state index in [4.69, 9.17) is 11.6 Å². The van der Waals surface area contributed by atoms with E-state index in [2.05, 4.69) is 0 Å². The van der Waals surface area contributed by atoms with E-state index < -0.39 is 15.8 Å². The van der Waals surface area contributed by atoms with Gasteiger partial charge in [-0.1, -0.05) is 29.8 Å². The molecule has 1 saturated heterocycles. The fourth-order valence-corrected chi connectivity index (χ4v) is 5.41. The number of hydrogen-bond donors (Lipinski definition) is 0. The van der Waals surface area contributed by atoms with Crippen LogP contribution >= 0.6 is 11.6 Å². The molecule has 0 saturated carbocycles.